The number of Topliss-reactive ketones (excluding diaryl/α,β-unsaturated/α-hetero) is 1. The fourth-order valence-corrected chi connectivity index (χ4v) is 3.33. The summed E-state index contributed by atoms with van der Waals surface area (Å²) in [6.07, 6.45) is 1.15. The number of hydrogen-bond acceptors (Lipinski definition) is 6. The third-order valence-corrected chi connectivity index (χ3v) is 4.29. The fourth-order valence-electron chi connectivity index (χ4n) is 1.16. The van der Waals surface area contributed by atoms with E-state index in [1.54, 1.807) is 0 Å². The van der Waals surface area contributed by atoms with Crippen LogP contribution in [0.2, 0.25) is 0 Å². The van der Waals surface area contributed by atoms with Crippen LogP contribution in [0.5, 0.6) is 11.5 Å². The lowest BCUT2D eigenvalue weighted by molar-refractivity contribution is 0.102. The Labute approximate surface area is 110 Å². The van der Waals surface area contributed by atoms with E-state index >= 15 is 0 Å². The number of hydrogen-bond donors (Lipinski definition) is 2. The van der Waals surface area contributed by atoms with E-state index in [0.717, 1.165) is 6.26 Å². The van der Waals surface area contributed by atoms with E-state index in [0.29, 0.717) is 5.75 Å². The first-order valence-electron chi connectivity index (χ1n) is 5.10. The van der Waals surface area contributed by atoms with Gasteiger partial charge in [0.2, 0.25) is 0 Å². The molecule has 1 aromatic rings. The van der Waals surface area contributed by atoms with Crippen molar-refractivity contribution in [3.05, 3.63) is 23.8 Å². The fraction of sp³-hybridized carbons (Fsp3) is 0.364. The van der Waals surface area contributed by atoms with Crippen molar-refractivity contribution in [3.8, 4) is 11.5 Å². The molecule has 0 radical (unpaired) electrons. The number of rotatable bonds is 6. The quantitative estimate of drug-likeness (QED) is 0.462. The number of sulfone groups is 1. The van der Waals surface area contributed by atoms with E-state index in [-0.39, 0.29) is 34.4 Å². The molecule has 0 aromatic heterocycles. The normalized spacial score (nSPS) is 11.4. The van der Waals surface area contributed by atoms with Crippen molar-refractivity contribution >= 4 is 27.4 Å². The molecule has 1 rings (SSSR count). The van der Waals surface area contributed by atoms with E-state index in [1.165, 1.54) is 30.0 Å². The summed E-state index contributed by atoms with van der Waals surface area (Å²) >= 11 is 1.22. The second kappa shape index (κ2) is 6.10. The predicted octanol–water partition coefficient (Wildman–Crippen LogP) is 1.06. The van der Waals surface area contributed by atoms with Crippen molar-refractivity contribution in [2.75, 3.05) is 23.5 Å². The van der Waals surface area contributed by atoms with Gasteiger partial charge in [-0.25, -0.2) is 8.42 Å². The predicted molar refractivity (Wildman–Crippen MR) is 71.1 cm³/mol. The van der Waals surface area contributed by atoms with Crippen LogP contribution in [-0.4, -0.2) is 47.9 Å². The van der Waals surface area contributed by atoms with E-state index in [4.69, 9.17) is 5.11 Å². The molecule has 0 amide bonds. The van der Waals surface area contributed by atoms with Gasteiger partial charge in [-0.05, 0) is 18.2 Å². The van der Waals surface area contributed by atoms with Crippen LogP contribution >= 0.6 is 11.8 Å². The third kappa shape index (κ3) is 4.97. The van der Waals surface area contributed by atoms with E-state index in [1.807, 2.05) is 0 Å². The summed E-state index contributed by atoms with van der Waals surface area (Å²) in [5.74, 6) is -0.317. The number of thioether (sulfide) groups is 1. The molecule has 0 aliphatic carbocycles. The molecule has 1 aromatic carbocycles. The zero-order chi connectivity index (χ0) is 13.8. The highest BCUT2D eigenvalue weighted by Gasteiger charge is 2.10. The average Bonchev–Trinajstić information content (AvgIpc) is 2.26. The van der Waals surface area contributed by atoms with Crippen molar-refractivity contribution in [2.45, 2.75) is 0 Å². The maximum absolute atomic E-state index is 11.7. The Bertz CT molecular complexity index is 536. The Morgan fingerprint density at radius 1 is 1.28 bits per heavy atom. The van der Waals surface area contributed by atoms with Gasteiger partial charge in [-0.2, -0.15) is 11.8 Å². The van der Waals surface area contributed by atoms with Gasteiger partial charge in [-0.1, -0.05) is 0 Å². The van der Waals surface area contributed by atoms with Gasteiger partial charge in [0.15, 0.2) is 17.3 Å². The standard InChI is InChI=1S/C11H14O5S2/c1-18(15,16)5-4-17-7-11(14)8-2-3-9(12)10(13)6-8/h2-3,6,12-13H,4-5,7H2,1H3. The first-order valence-corrected chi connectivity index (χ1v) is 8.32. The van der Waals surface area contributed by atoms with Crippen molar-refractivity contribution in [1.82, 2.24) is 0 Å². The zero-order valence-electron chi connectivity index (χ0n) is 9.79. The van der Waals surface area contributed by atoms with Gasteiger partial charge in [0.1, 0.15) is 9.84 Å². The smallest absolute Gasteiger partial charge is 0.172 e. The van der Waals surface area contributed by atoms with Crippen molar-refractivity contribution in [3.63, 3.8) is 0 Å². The number of carbonyl (C=O) groups is 1. The first kappa shape index (κ1) is 14.8. The molecule has 0 aliphatic rings. The molecule has 0 atom stereocenters. The molecule has 0 unspecified atom stereocenters. The number of phenols is 2. The van der Waals surface area contributed by atoms with Crippen LogP contribution in [0.4, 0.5) is 0 Å². The Morgan fingerprint density at radius 2 is 1.94 bits per heavy atom. The highest BCUT2D eigenvalue weighted by Crippen LogP contribution is 2.25. The molecule has 100 valence electrons. The summed E-state index contributed by atoms with van der Waals surface area (Å²) in [6, 6.07) is 3.84. The van der Waals surface area contributed by atoms with Gasteiger partial charge in [0, 0.05) is 17.6 Å². The summed E-state index contributed by atoms with van der Waals surface area (Å²) in [5.41, 5.74) is 0.289. The minimum atomic E-state index is -3.00. The molecular weight excluding hydrogens is 276 g/mol. The number of aromatic hydroxyl groups is 2. The van der Waals surface area contributed by atoms with Crippen LogP contribution in [0.3, 0.4) is 0 Å². The topological polar surface area (TPSA) is 91.7 Å². The summed E-state index contributed by atoms with van der Waals surface area (Å²) < 4.78 is 21.7. The summed E-state index contributed by atoms with van der Waals surface area (Å²) in [6.45, 7) is 0. The van der Waals surface area contributed by atoms with E-state index < -0.39 is 9.84 Å². The Balaban J connectivity index is 2.48. The molecule has 2 N–H and O–H groups in total. The number of phenolic OH excluding ortho intramolecular Hbond substituents is 2. The minimum Gasteiger partial charge on any atom is -0.504 e. The van der Waals surface area contributed by atoms with Crippen LogP contribution in [0.15, 0.2) is 18.2 Å². The van der Waals surface area contributed by atoms with Crippen LogP contribution in [0.1, 0.15) is 10.4 Å². The minimum absolute atomic E-state index is 0.0335. The number of ketones is 1. The lowest BCUT2D eigenvalue weighted by Crippen LogP contribution is -2.08. The molecule has 0 saturated carbocycles. The summed E-state index contributed by atoms with van der Waals surface area (Å²) in [7, 11) is -3.00. The second-order valence-electron chi connectivity index (χ2n) is 3.81. The Morgan fingerprint density at radius 3 is 2.50 bits per heavy atom. The van der Waals surface area contributed by atoms with E-state index in [2.05, 4.69) is 0 Å². The second-order valence-corrected chi connectivity index (χ2v) is 7.17. The average molecular weight is 290 g/mol. The van der Waals surface area contributed by atoms with Crippen LogP contribution in [0, 0.1) is 0 Å². The van der Waals surface area contributed by atoms with E-state index in [9.17, 15) is 18.3 Å². The molecular formula is C11H14O5S2. The maximum atomic E-state index is 11.7. The van der Waals surface area contributed by atoms with Gasteiger partial charge in [-0.15, -0.1) is 0 Å². The number of carbonyl (C=O) groups excluding carboxylic acids is 1. The van der Waals surface area contributed by atoms with Crippen LogP contribution in [-0.2, 0) is 9.84 Å². The summed E-state index contributed by atoms with van der Waals surface area (Å²) in [4.78, 5) is 11.7. The van der Waals surface area contributed by atoms with Gasteiger partial charge in [0.05, 0.1) is 11.5 Å². The molecule has 0 saturated heterocycles. The molecule has 0 aliphatic heterocycles. The van der Waals surface area contributed by atoms with Crippen molar-refractivity contribution in [1.29, 1.82) is 0 Å². The van der Waals surface area contributed by atoms with Gasteiger partial charge < -0.3 is 10.2 Å². The highest BCUT2D eigenvalue weighted by atomic mass is 32.2. The van der Waals surface area contributed by atoms with Gasteiger partial charge in [0.25, 0.3) is 0 Å². The van der Waals surface area contributed by atoms with Gasteiger partial charge in [-0.3, -0.25) is 4.79 Å². The molecule has 5 nitrogen and oxygen atoms in total. The first-order chi connectivity index (χ1) is 8.29. The number of benzene rings is 1. The van der Waals surface area contributed by atoms with Crippen LogP contribution in [0.25, 0.3) is 0 Å². The van der Waals surface area contributed by atoms with Crippen LogP contribution < -0.4 is 0 Å². The Kier molecular flexibility index (Phi) is 5.03. The zero-order valence-corrected chi connectivity index (χ0v) is 11.4. The highest BCUT2D eigenvalue weighted by molar-refractivity contribution is 8.01. The molecule has 0 bridgehead atoms. The van der Waals surface area contributed by atoms with Crippen molar-refractivity contribution in [2.24, 2.45) is 0 Å². The van der Waals surface area contributed by atoms with Crippen molar-refractivity contribution < 1.29 is 23.4 Å². The Hall–Kier alpha value is -1.21. The SMILES string of the molecule is CS(=O)(=O)CCSCC(=O)c1ccc(O)c(O)c1. The van der Waals surface area contributed by atoms with Gasteiger partial charge >= 0.3 is 0 Å². The lowest BCUT2D eigenvalue weighted by Gasteiger charge is -2.03. The molecule has 18 heavy (non-hydrogen) atoms. The third-order valence-electron chi connectivity index (χ3n) is 2.13. The molecule has 0 heterocycles. The molecule has 7 heteroatoms. The molecule has 0 fully saturated rings. The maximum Gasteiger partial charge on any atom is 0.172 e. The largest absolute Gasteiger partial charge is 0.504 e. The monoisotopic (exact) mass is 290 g/mol. The lowest BCUT2D eigenvalue weighted by atomic mass is 10.1. The molecule has 0 spiro atoms. The summed E-state index contributed by atoms with van der Waals surface area (Å²) in [5, 5.41) is 18.3.